The summed E-state index contributed by atoms with van der Waals surface area (Å²) in [5, 5.41) is 9.24. The van der Waals surface area contributed by atoms with E-state index in [1.165, 1.54) is 0 Å². The Hall–Kier alpha value is -0.120. The molecule has 0 aromatic carbocycles. The van der Waals surface area contributed by atoms with Gasteiger partial charge in [-0.15, -0.1) is 0 Å². The van der Waals surface area contributed by atoms with Crippen molar-refractivity contribution in [1.29, 1.82) is 0 Å². The molecule has 1 rings (SSSR count). The normalized spacial score (nSPS) is 41.7. The molecule has 0 aliphatic carbocycles. The van der Waals surface area contributed by atoms with E-state index in [2.05, 4.69) is 0 Å². The average Bonchev–Trinajstić information content (AvgIpc) is 1.94. The lowest BCUT2D eigenvalue weighted by molar-refractivity contribution is -0.224. The van der Waals surface area contributed by atoms with Gasteiger partial charge in [0.1, 0.15) is 6.10 Å². The summed E-state index contributed by atoms with van der Waals surface area (Å²) < 4.78 is 10.2. The summed E-state index contributed by atoms with van der Waals surface area (Å²) in [5.41, 5.74) is 0. The van der Waals surface area contributed by atoms with Gasteiger partial charge in [0.15, 0.2) is 6.29 Å². The Labute approximate surface area is 60.9 Å². The highest BCUT2D eigenvalue weighted by Crippen LogP contribution is 2.19. The summed E-state index contributed by atoms with van der Waals surface area (Å²) in [6, 6.07) is 0. The number of aliphatic hydroxyl groups is 1. The van der Waals surface area contributed by atoms with E-state index in [1.54, 1.807) is 7.11 Å². The van der Waals surface area contributed by atoms with Crippen LogP contribution in [-0.4, -0.2) is 30.7 Å². The minimum atomic E-state index is -0.443. The Morgan fingerprint density at radius 2 is 2.20 bits per heavy atom. The molecule has 1 heterocycles. The zero-order valence-electron chi connectivity index (χ0n) is 6.41. The molecule has 3 atom stereocenters. The smallest absolute Gasteiger partial charge is 0.183 e. The highest BCUT2D eigenvalue weighted by molar-refractivity contribution is 4.69. The Bertz CT molecular complexity index is 105. The van der Waals surface area contributed by atoms with Crippen LogP contribution < -0.4 is 0 Å². The highest BCUT2D eigenvalue weighted by Gasteiger charge is 2.26. The van der Waals surface area contributed by atoms with Gasteiger partial charge in [-0.25, -0.2) is 0 Å². The number of hydrogen-bond donors (Lipinski definition) is 1. The molecule has 0 saturated carbocycles. The van der Waals surface area contributed by atoms with Crippen molar-refractivity contribution in [2.24, 2.45) is 0 Å². The van der Waals surface area contributed by atoms with Crippen LogP contribution in [0.4, 0.5) is 0 Å². The van der Waals surface area contributed by atoms with E-state index in [0.29, 0.717) is 0 Å². The third-order valence-electron chi connectivity index (χ3n) is 1.78. The molecular weight excluding hydrogens is 132 g/mol. The zero-order chi connectivity index (χ0) is 7.56. The van der Waals surface area contributed by atoms with Crippen molar-refractivity contribution in [2.75, 3.05) is 7.11 Å². The number of hydrogen-bond acceptors (Lipinski definition) is 3. The molecule has 0 radical (unpaired) electrons. The maximum Gasteiger partial charge on any atom is 0.183 e. The standard InChI is InChI=1S/C7H14O3/c1-5-3-4-6(8)7(9-2)10-5/h5-8H,3-4H2,1-2H3/t5-,6-,7+/m0/s1. The first-order valence-corrected chi connectivity index (χ1v) is 3.60. The Morgan fingerprint density at radius 3 is 2.70 bits per heavy atom. The van der Waals surface area contributed by atoms with E-state index < -0.39 is 12.4 Å². The first-order valence-electron chi connectivity index (χ1n) is 3.60. The second-order valence-electron chi connectivity index (χ2n) is 2.70. The van der Waals surface area contributed by atoms with E-state index in [1.807, 2.05) is 6.92 Å². The van der Waals surface area contributed by atoms with Crippen LogP contribution in [0.15, 0.2) is 0 Å². The van der Waals surface area contributed by atoms with Crippen molar-refractivity contribution in [3.63, 3.8) is 0 Å². The highest BCUT2D eigenvalue weighted by atomic mass is 16.7. The van der Waals surface area contributed by atoms with Crippen molar-refractivity contribution in [1.82, 2.24) is 0 Å². The van der Waals surface area contributed by atoms with Gasteiger partial charge in [-0.3, -0.25) is 0 Å². The predicted molar refractivity (Wildman–Crippen MR) is 36.6 cm³/mol. The Kier molecular flexibility index (Phi) is 2.65. The minimum absolute atomic E-state index is 0.216. The van der Waals surface area contributed by atoms with E-state index in [9.17, 15) is 5.11 Å². The molecule has 0 spiro atoms. The number of ether oxygens (including phenoxy) is 2. The predicted octanol–water partition coefficient (Wildman–Crippen LogP) is 0.519. The second kappa shape index (κ2) is 3.32. The molecule has 0 aromatic rings. The molecule has 1 N–H and O–H groups in total. The fraction of sp³-hybridized carbons (Fsp3) is 1.00. The maximum absolute atomic E-state index is 9.24. The topological polar surface area (TPSA) is 38.7 Å². The van der Waals surface area contributed by atoms with Crippen LogP contribution in [0.25, 0.3) is 0 Å². The van der Waals surface area contributed by atoms with Crippen molar-refractivity contribution >= 4 is 0 Å². The molecule has 60 valence electrons. The monoisotopic (exact) mass is 146 g/mol. The summed E-state index contributed by atoms with van der Waals surface area (Å²) in [7, 11) is 1.55. The minimum Gasteiger partial charge on any atom is -0.388 e. The van der Waals surface area contributed by atoms with Crippen LogP contribution in [0, 0.1) is 0 Å². The van der Waals surface area contributed by atoms with Crippen LogP contribution in [-0.2, 0) is 9.47 Å². The first-order chi connectivity index (χ1) is 4.74. The molecule has 1 aliphatic heterocycles. The largest absolute Gasteiger partial charge is 0.388 e. The number of rotatable bonds is 1. The third kappa shape index (κ3) is 1.68. The molecule has 0 amide bonds. The molecule has 3 heteroatoms. The van der Waals surface area contributed by atoms with Gasteiger partial charge in [0.2, 0.25) is 0 Å². The molecule has 3 nitrogen and oxygen atoms in total. The van der Waals surface area contributed by atoms with Gasteiger partial charge >= 0.3 is 0 Å². The molecule has 0 bridgehead atoms. The maximum atomic E-state index is 9.24. The zero-order valence-corrected chi connectivity index (χ0v) is 6.41. The summed E-state index contributed by atoms with van der Waals surface area (Å²) in [6.45, 7) is 1.98. The van der Waals surface area contributed by atoms with Crippen LogP contribution in [0.5, 0.6) is 0 Å². The lowest BCUT2D eigenvalue weighted by Crippen LogP contribution is -2.38. The number of aliphatic hydroxyl groups excluding tert-OH is 1. The molecular formula is C7H14O3. The summed E-state index contributed by atoms with van der Waals surface area (Å²) in [5.74, 6) is 0. The summed E-state index contributed by atoms with van der Waals surface area (Å²) in [4.78, 5) is 0. The van der Waals surface area contributed by atoms with Crippen molar-refractivity contribution < 1.29 is 14.6 Å². The lowest BCUT2D eigenvalue weighted by atomic mass is 10.1. The number of methoxy groups -OCH3 is 1. The molecule has 1 fully saturated rings. The van der Waals surface area contributed by atoms with E-state index in [-0.39, 0.29) is 6.10 Å². The van der Waals surface area contributed by atoms with Crippen LogP contribution in [0.3, 0.4) is 0 Å². The van der Waals surface area contributed by atoms with E-state index in [0.717, 1.165) is 12.8 Å². The molecule has 0 aromatic heterocycles. The quantitative estimate of drug-likeness (QED) is 0.586. The van der Waals surface area contributed by atoms with E-state index >= 15 is 0 Å². The fourth-order valence-corrected chi connectivity index (χ4v) is 1.14. The van der Waals surface area contributed by atoms with Crippen molar-refractivity contribution in [2.45, 2.75) is 38.3 Å². The first kappa shape index (κ1) is 7.98. The third-order valence-corrected chi connectivity index (χ3v) is 1.78. The Morgan fingerprint density at radius 1 is 1.50 bits per heavy atom. The van der Waals surface area contributed by atoms with Gasteiger partial charge in [0, 0.05) is 7.11 Å². The lowest BCUT2D eigenvalue weighted by Gasteiger charge is -2.30. The Balaban J connectivity index is 2.38. The molecule has 0 unspecified atom stereocenters. The SMILES string of the molecule is CO[C@@H]1O[C@@H](C)CC[C@@H]1O. The van der Waals surface area contributed by atoms with Crippen molar-refractivity contribution in [3.8, 4) is 0 Å². The molecule has 1 saturated heterocycles. The summed E-state index contributed by atoms with van der Waals surface area (Å²) in [6.07, 6.45) is 1.05. The van der Waals surface area contributed by atoms with Crippen LogP contribution in [0.2, 0.25) is 0 Å². The van der Waals surface area contributed by atoms with Gasteiger partial charge in [-0.2, -0.15) is 0 Å². The van der Waals surface area contributed by atoms with Crippen molar-refractivity contribution in [3.05, 3.63) is 0 Å². The van der Waals surface area contributed by atoms with Crippen LogP contribution in [0.1, 0.15) is 19.8 Å². The molecule has 1 aliphatic rings. The van der Waals surface area contributed by atoms with Gasteiger partial charge in [0.05, 0.1) is 6.10 Å². The fourth-order valence-electron chi connectivity index (χ4n) is 1.14. The van der Waals surface area contributed by atoms with Gasteiger partial charge in [0.25, 0.3) is 0 Å². The second-order valence-corrected chi connectivity index (χ2v) is 2.70. The molecule has 10 heavy (non-hydrogen) atoms. The van der Waals surface area contributed by atoms with Gasteiger partial charge < -0.3 is 14.6 Å². The average molecular weight is 146 g/mol. The van der Waals surface area contributed by atoms with Crippen LogP contribution >= 0.6 is 0 Å². The summed E-state index contributed by atoms with van der Waals surface area (Å²) >= 11 is 0. The van der Waals surface area contributed by atoms with E-state index in [4.69, 9.17) is 9.47 Å². The van der Waals surface area contributed by atoms with Gasteiger partial charge in [-0.1, -0.05) is 0 Å². The van der Waals surface area contributed by atoms with Gasteiger partial charge in [-0.05, 0) is 19.8 Å².